The molecule has 0 atom stereocenters. The zero-order chi connectivity index (χ0) is 14.8. The molecule has 1 aromatic rings. The Morgan fingerprint density at radius 1 is 1.20 bits per heavy atom. The van der Waals surface area contributed by atoms with Gasteiger partial charge in [0.15, 0.2) is 11.5 Å². The summed E-state index contributed by atoms with van der Waals surface area (Å²) >= 11 is 0. The summed E-state index contributed by atoms with van der Waals surface area (Å²) in [6.45, 7) is 9.72. The molecule has 0 saturated carbocycles. The van der Waals surface area contributed by atoms with Crippen LogP contribution in [-0.4, -0.2) is 33.0 Å². The van der Waals surface area contributed by atoms with Crippen molar-refractivity contribution in [3.05, 3.63) is 23.8 Å². The highest BCUT2D eigenvalue weighted by molar-refractivity contribution is 5.42. The largest absolute Gasteiger partial charge is 0.493 e. The van der Waals surface area contributed by atoms with Gasteiger partial charge in [0.25, 0.3) is 0 Å². The van der Waals surface area contributed by atoms with Gasteiger partial charge in [-0.05, 0) is 39.0 Å². The molecular weight excluding hydrogens is 254 g/mol. The van der Waals surface area contributed by atoms with Crippen molar-refractivity contribution in [3.8, 4) is 11.5 Å². The Morgan fingerprint density at radius 3 is 2.65 bits per heavy atom. The molecule has 0 aliphatic heterocycles. The van der Waals surface area contributed by atoms with Gasteiger partial charge in [0.2, 0.25) is 0 Å². The van der Waals surface area contributed by atoms with Crippen LogP contribution in [0.15, 0.2) is 18.2 Å². The third-order valence-electron chi connectivity index (χ3n) is 2.87. The molecule has 20 heavy (non-hydrogen) atoms. The highest BCUT2D eigenvalue weighted by Gasteiger charge is 2.08. The van der Waals surface area contributed by atoms with Crippen LogP contribution in [0.5, 0.6) is 11.5 Å². The van der Waals surface area contributed by atoms with Gasteiger partial charge in [-0.25, -0.2) is 0 Å². The number of hydrogen-bond acceptors (Lipinski definition) is 3. The van der Waals surface area contributed by atoms with Crippen molar-refractivity contribution in [3.63, 3.8) is 0 Å². The number of rotatable bonds is 10. The minimum Gasteiger partial charge on any atom is -0.493 e. The van der Waals surface area contributed by atoms with Crippen molar-refractivity contribution in [2.45, 2.75) is 39.8 Å². The molecule has 0 aromatic heterocycles. The molecule has 4 heteroatoms. The predicted octanol–water partition coefficient (Wildman–Crippen LogP) is 1.97. The summed E-state index contributed by atoms with van der Waals surface area (Å²) < 4.78 is 16.4. The quantitative estimate of drug-likeness (QED) is 0.667. The zero-order valence-corrected chi connectivity index (χ0v) is 13.1. The Balaban J connectivity index is 2.43. The minimum absolute atomic E-state index is 0.153. The lowest BCUT2D eigenvalue weighted by atomic mass is 10.2. The minimum atomic E-state index is 0.153. The van der Waals surface area contributed by atoms with Crippen molar-refractivity contribution >= 4 is 0 Å². The second-order valence-electron chi connectivity index (χ2n) is 4.98. The van der Waals surface area contributed by atoms with Crippen LogP contribution in [0.1, 0.15) is 32.8 Å². The third kappa shape index (κ3) is 6.26. The van der Waals surface area contributed by atoms with E-state index in [-0.39, 0.29) is 6.10 Å². The van der Waals surface area contributed by atoms with Gasteiger partial charge < -0.3 is 19.5 Å². The smallest absolute Gasteiger partial charge is 0.161 e. The molecule has 0 aliphatic carbocycles. The van der Waals surface area contributed by atoms with E-state index in [9.17, 15) is 0 Å². The number of quaternary nitrogens is 1. The zero-order valence-electron chi connectivity index (χ0n) is 13.1. The maximum Gasteiger partial charge on any atom is 0.161 e. The molecule has 0 unspecified atom stereocenters. The highest BCUT2D eigenvalue weighted by atomic mass is 16.5. The Bertz CT molecular complexity index is 380. The van der Waals surface area contributed by atoms with E-state index in [0.717, 1.165) is 44.2 Å². The van der Waals surface area contributed by atoms with E-state index in [1.807, 2.05) is 26.8 Å². The maximum absolute atomic E-state index is 5.71. The van der Waals surface area contributed by atoms with Crippen LogP contribution in [0, 0.1) is 0 Å². The first-order valence-electron chi connectivity index (χ1n) is 7.40. The topological polar surface area (TPSA) is 44.3 Å². The molecule has 2 N–H and O–H groups in total. The van der Waals surface area contributed by atoms with Crippen LogP contribution in [0.4, 0.5) is 0 Å². The normalized spacial score (nSPS) is 10.8. The molecule has 0 bridgehead atoms. The molecule has 1 rings (SSSR count). The standard InChI is InChI=1S/C16H27NO3/c1-5-19-10-6-9-17-12-14-7-8-15(20-13(2)3)16(11-14)18-4/h7-8,11,13,17H,5-6,9-10,12H2,1-4H3/p+1. The monoisotopic (exact) mass is 282 g/mol. The van der Waals surface area contributed by atoms with Crippen LogP contribution < -0.4 is 14.8 Å². The van der Waals surface area contributed by atoms with E-state index in [0.29, 0.717) is 0 Å². The van der Waals surface area contributed by atoms with Crippen molar-refractivity contribution in [2.24, 2.45) is 0 Å². The molecule has 114 valence electrons. The van der Waals surface area contributed by atoms with Crippen molar-refractivity contribution in [1.82, 2.24) is 0 Å². The molecule has 0 heterocycles. The molecule has 4 nitrogen and oxygen atoms in total. The first-order valence-corrected chi connectivity index (χ1v) is 7.40. The number of nitrogens with two attached hydrogens (primary N) is 1. The fourth-order valence-electron chi connectivity index (χ4n) is 1.93. The first-order chi connectivity index (χ1) is 9.67. The van der Waals surface area contributed by atoms with Gasteiger partial charge in [0.1, 0.15) is 6.54 Å². The van der Waals surface area contributed by atoms with E-state index in [1.54, 1.807) is 7.11 Å². The van der Waals surface area contributed by atoms with Crippen molar-refractivity contribution in [1.29, 1.82) is 0 Å². The number of methoxy groups -OCH3 is 1. The second-order valence-corrected chi connectivity index (χ2v) is 4.98. The molecule has 0 amide bonds. The van der Waals surface area contributed by atoms with Gasteiger partial charge in [-0.3, -0.25) is 0 Å². The molecule has 0 saturated heterocycles. The lowest BCUT2D eigenvalue weighted by Crippen LogP contribution is -2.82. The van der Waals surface area contributed by atoms with Crippen molar-refractivity contribution < 1.29 is 19.5 Å². The average Bonchev–Trinajstić information content (AvgIpc) is 2.43. The molecule has 0 fully saturated rings. The van der Waals surface area contributed by atoms with E-state index in [4.69, 9.17) is 14.2 Å². The van der Waals surface area contributed by atoms with Crippen LogP contribution in [0.25, 0.3) is 0 Å². The summed E-state index contributed by atoms with van der Waals surface area (Å²) in [6.07, 6.45) is 1.24. The summed E-state index contributed by atoms with van der Waals surface area (Å²) in [6, 6.07) is 6.14. The maximum atomic E-state index is 5.71. The Morgan fingerprint density at radius 2 is 2.00 bits per heavy atom. The van der Waals surface area contributed by atoms with E-state index >= 15 is 0 Å². The number of ether oxygens (including phenoxy) is 3. The van der Waals surface area contributed by atoms with Crippen LogP contribution in [0.3, 0.4) is 0 Å². The SMILES string of the molecule is CCOCCC[NH2+]Cc1ccc(OC(C)C)c(OC)c1. The summed E-state index contributed by atoms with van der Waals surface area (Å²) in [5, 5.41) is 2.29. The summed E-state index contributed by atoms with van der Waals surface area (Å²) in [5.41, 5.74) is 1.24. The van der Waals surface area contributed by atoms with E-state index < -0.39 is 0 Å². The number of hydrogen-bond donors (Lipinski definition) is 1. The van der Waals surface area contributed by atoms with Gasteiger partial charge in [-0.2, -0.15) is 0 Å². The van der Waals surface area contributed by atoms with Gasteiger partial charge >= 0.3 is 0 Å². The third-order valence-corrected chi connectivity index (χ3v) is 2.87. The first kappa shape index (κ1) is 16.8. The summed E-state index contributed by atoms with van der Waals surface area (Å²) in [7, 11) is 1.68. The van der Waals surface area contributed by atoms with Crippen LogP contribution in [0.2, 0.25) is 0 Å². The summed E-state index contributed by atoms with van der Waals surface area (Å²) in [4.78, 5) is 0. The lowest BCUT2D eigenvalue weighted by molar-refractivity contribution is -0.671. The predicted molar refractivity (Wildman–Crippen MR) is 80.4 cm³/mol. The highest BCUT2D eigenvalue weighted by Crippen LogP contribution is 2.28. The fourth-order valence-corrected chi connectivity index (χ4v) is 1.93. The molecule has 0 aliphatic rings. The molecular formula is C16H28NO3+. The van der Waals surface area contributed by atoms with Gasteiger partial charge in [-0.15, -0.1) is 0 Å². The molecule has 0 spiro atoms. The van der Waals surface area contributed by atoms with Gasteiger partial charge in [-0.1, -0.05) is 0 Å². The average molecular weight is 282 g/mol. The Hall–Kier alpha value is -1.26. The fraction of sp³-hybridized carbons (Fsp3) is 0.625. The van der Waals surface area contributed by atoms with Crippen molar-refractivity contribution in [2.75, 3.05) is 26.9 Å². The van der Waals surface area contributed by atoms with E-state index in [1.165, 1.54) is 5.56 Å². The lowest BCUT2D eigenvalue weighted by Gasteiger charge is -2.14. The Labute approximate surface area is 122 Å². The molecule has 0 radical (unpaired) electrons. The van der Waals surface area contributed by atoms with Gasteiger partial charge in [0.05, 0.1) is 26.4 Å². The number of benzene rings is 1. The van der Waals surface area contributed by atoms with E-state index in [2.05, 4.69) is 17.4 Å². The molecule has 1 aromatic carbocycles. The van der Waals surface area contributed by atoms with Gasteiger partial charge in [0, 0.05) is 18.6 Å². The Kier molecular flexibility index (Phi) is 8.07. The van der Waals surface area contributed by atoms with Crippen LogP contribution >= 0.6 is 0 Å². The summed E-state index contributed by atoms with van der Waals surface area (Å²) in [5.74, 6) is 1.61. The van der Waals surface area contributed by atoms with Crippen LogP contribution in [-0.2, 0) is 11.3 Å². The second kappa shape index (κ2) is 9.61.